The molecule has 176 valence electrons. The predicted molar refractivity (Wildman–Crippen MR) is 135 cm³/mol. The molecule has 2 amide bonds. The Bertz CT molecular complexity index is 1350. The molecule has 0 saturated carbocycles. The van der Waals surface area contributed by atoms with E-state index in [9.17, 15) is 9.59 Å². The summed E-state index contributed by atoms with van der Waals surface area (Å²) in [5.41, 5.74) is 7.32. The highest BCUT2D eigenvalue weighted by atomic mass is 16.5. The molecule has 2 N–H and O–H groups in total. The molecule has 0 aliphatic rings. The number of para-hydroxylation sites is 1. The first kappa shape index (κ1) is 23.4. The average molecular weight is 468 g/mol. The molecule has 8 nitrogen and oxygen atoms in total. The van der Waals surface area contributed by atoms with Crippen molar-refractivity contribution in [3.63, 3.8) is 0 Å². The average Bonchev–Trinajstić information content (AvgIpc) is 3.32. The van der Waals surface area contributed by atoms with E-state index in [1.165, 1.54) is 0 Å². The molecule has 1 heterocycles. The molecule has 0 fully saturated rings. The monoisotopic (exact) mass is 467 g/mol. The fourth-order valence-electron chi connectivity index (χ4n) is 3.43. The lowest BCUT2D eigenvalue weighted by atomic mass is 10.1. The molecule has 0 bridgehead atoms. The lowest BCUT2D eigenvalue weighted by Crippen LogP contribution is -2.34. The number of benzene rings is 3. The van der Waals surface area contributed by atoms with Crippen molar-refractivity contribution < 1.29 is 14.3 Å². The number of hydrogen-bond acceptors (Lipinski definition) is 5. The number of hydrogen-bond donors (Lipinski definition) is 2. The van der Waals surface area contributed by atoms with Gasteiger partial charge in [0.15, 0.2) is 0 Å². The van der Waals surface area contributed by atoms with E-state index in [1.54, 1.807) is 42.3 Å². The van der Waals surface area contributed by atoms with E-state index in [2.05, 4.69) is 15.8 Å². The summed E-state index contributed by atoms with van der Waals surface area (Å²) >= 11 is 0. The van der Waals surface area contributed by atoms with Crippen LogP contribution in [0.2, 0.25) is 0 Å². The van der Waals surface area contributed by atoms with E-state index in [4.69, 9.17) is 9.84 Å². The Morgan fingerprint density at radius 1 is 1.03 bits per heavy atom. The van der Waals surface area contributed by atoms with Crippen molar-refractivity contribution in [2.75, 3.05) is 13.7 Å². The van der Waals surface area contributed by atoms with Gasteiger partial charge in [0.2, 0.25) is 0 Å². The maximum atomic E-state index is 12.2. The second kappa shape index (κ2) is 10.9. The Balaban J connectivity index is 1.44. The number of nitrogens with zero attached hydrogens (tertiary/aromatic N) is 3. The van der Waals surface area contributed by atoms with Gasteiger partial charge in [-0.15, -0.1) is 0 Å². The quantitative estimate of drug-likeness (QED) is 0.305. The van der Waals surface area contributed by atoms with Gasteiger partial charge in [0, 0.05) is 22.9 Å². The maximum absolute atomic E-state index is 12.2. The molecule has 8 heteroatoms. The number of amides is 2. The molecule has 4 rings (SSSR count). The summed E-state index contributed by atoms with van der Waals surface area (Å²) in [6.07, 6.45) is 3.40. The van der Waals surface area contributed by atoms with E-state index in [0.29, 0.717) is 11.3 Å². The van der Waals surface area contributed by atoms with Crippen LogP contribution in [0.15, 0.2) is 90.2 Å². The van der Waals surface area contributed by atoms with Gasteiger partial charge in [-0.1, -0.05) is 42.0 Å². The van der Waals surface area contributed by atoms with Crippen LogP contribution < -0.4 is 15.5 Å². The molecule has 0 unspecified atom stereocenters. The minimum Gasteiger partial charge on any atom is -0.497 e. The van der Waals surface area contributed by atoms with Gasteiger partial charge in [-0.25, -0.2) is 10.1 Å². The van der Waals surface area contributed by atoms with Crippen LogP contribution in [0.25, 0.3) is 16.9 Å². The summed E-state index contributed by atoms with van der Waals surface area (Å²) in [4.78, 5) is 24.4. The minimum atomic E-state index is -0.448. The summed E-state index contributed by atoms with van der Waals surface area (Å²) in [5.74, 6) is -0.164. The molecule has 0 aliphatic carbocycles. The molecule has 4 aromatic rings. The van der Waals surface area contributed by atoms with Crippen LogP contribution >= 0.6 is 0 Å². The van der Waals surface area contributed by atoms with Crippen LogP contribution in [0.5, 0.6) is 5.75 Å². The van der Waals surface area contributed by atoms with Gasteiger partial charge < -0.3 is 10.1 Å². The largest absolute Gasteiger partial charge is 0.497 e. The second-order valence-corrected chi connectivity index (χ2v) is 7.79. The Kier molecular flexibility index (Phi) is 7.32. The Labute approximate surface area is 203 Å². The summed E-state index contributed by atoms with van der Waals surface area (Å²) in [5, 5.41) is 11.4. The van der Waals surface area contributed by atoms with Crippen molar-refractivity contribution in [1.29, 1.82) is 0 Å². The molecule has 0 spiro atoms. The molecular weight excluding hydrogens is 442 g/mol. The molecule has 35 heavy (non-hydrogen) atoms. The van der Waals surface area contributed by atoms with Gasteiger partial charge in [0.25, 0.3) is 11.8 Å². The molecular formula is C27H25N5O3. The number of carbonyl (C=O) groups is 2. The van der Waals surface area contributed by atoms with Gasteiger partial charge in [-0.05, 0) is 49.4 Å². The lowest BCUT2D eigenvalue weighted by molar-refractivity contribution is -0.120. The van der Waals surface area contributed by atoms with Gasteiger partial charge in [-0.3, -0.25) is 9.59 Å². The molecule has 3 aromatic carbocycles. The number of methoxy groups -OCH3 is 1. The number of rotatable bonds is 8. The van der Waals surface area contributed by atoms with Crippen LogP contribution in [-0.4, -0.2) is 41.5 Å². The van der Waals surface area contributed by atoms with Crippen molar-refractivity contribution >= 4 is 18.0 Å². The summed E-state index contributed by atoms with van der Waals surface area (Å²) in [6, 6.07) is 24.4. The van der Waals surface area contributed by atoms with Gasteiger partial charge >= 0.3 is 0 Å². The third kappa shape index (κ3) is 6.00. The third-order valence-electron chi connectivity index (χ3n) is 5.21. The van der Waals surface area contributed by atoms with Gasteiger partial charge in [0.1, 0.15) is 11.4 Å². The van der Waals surface area contributed by atoms with E-state index < -0.39 is 5.91 Å². The summed E-state index contributed by atoms with van der Waals surface area (Å²) in [6.45, 7) is 1.81. The van der Waals surface area contributed by atoms with Crippen LogP contribution in [0, 0.1) is 6.92 Å². The topological polar surface area (TPSA) is 97.6 Å². The zero-order chi connectivity index (χ0) is 24.6. The standard InChI is InChI=1S/C27H25N5O3/c1-19-7-6-8-21(15-19)26-22(18-32(31-26)23-9-4-3-5-10-23)16-29-30-25(33)17-28-27(34)20-11-13-24(35-2)14-12-20/h3-16,18H,17H2,1-2H3,(H,28,34)(H,30,33). The first-order chi connectivity index (χ1) is 17.0. The van der Waals surface area contributed by atoms with Crippen LogP contribution in [0.1, 0.15) is 21.5 Å². The van der Waals surface area contributed by atoms with Gasteiger partial charge in [-0.2, -0.15) is 10.2 Å². The van der Waals surface area contributed by atoms with E-state index in [-0.39, 0.29) is 12.5 Å². The predicted octanol–water partition coefficient (Wildman–Crippen LogP) is 3.74. The van der Waals surface area contributed by atoms with Crippen LogP contribution in [-0.2, 0) is 4.79 Å². The first-order valence-corrected chi connectivity index (χ1v) is 11.0. The lowest BCUT2D eigenvalue weighted by Gasteiger charge is -2.05. The fraction of sp³-hybridized carbons (Fsp3) is 0.111. The highest BCUT2D eigenvalue weighted by molar-refractivity contribution is 5.96. The van der Waals surface area contributed by atoms with Gasteiger partial charge in [0.05, 0.1) is 25.6 Å². The first-order valence-electron chi connectivity index (χ1n) is 11.0. The molecule has 0 aliphatic heterocycles. The number of nitrogens with one attached hydrogen (secondary N) is 2. The van der Waals surface area contributed by atoms with Crippen molar-refractivity contribution in [3.8, 4) is 22.7 Å². The zero-order valence-electron chi connectivity index (χ0n) is 19.4. The van der Waals surface area contributed by atoms with E-state index >= 15 is 0 Å². The third-order valence-corrected chi connectivity index (χ3v) is 5.21. The number of aromatic nitrogens is 2. The number of ether oxygens (including phenoxy) is 1. The highest BCUT2D eigenvalue weighted by Gasteiger charge is 2.12. The normalized spacial score (nSPS) is 10.8. The number of hydrazone groups is 1. The SMILES string of the molecule is COc1ccc(C(=O)NCC(=O)NN=Cc2cn(-c3ccccc3)nc2-c2cccc(C)c2)cc1. The summed E-state index contributed by atoms with van der Waals surface area (Å²) in [7, 11) is 1.55. The van der Waals surface area contributed by atoms with E-state index in [1.807, 2.05) is 67.7 Å². The van der Waals surface area contributed by atoms with Crippen LogP contribution in [0.3, 0.4) is 0 Å². The number of carbonyl (C=O) groups excluding carboxylic acids is 2. The summed E-state index contributed by atoms with van der Waals surface area (Å²) < 4.78 is 6.85. The van der Waals surface area contributed by atoms with E-state index in [0.717, 1.165) is 28.1 Å². The Morgan fingerprint density at radius 2 is 1.80 bits per heavy atom. The maximum Gasteiger partial charge on any atom is 0.259 e. The van der Waals surface area contributed by atoms with Crippen molar-refractivity contribution in [1.82, 2.24) is 20.5 Å². The fourth-order valence-corrected chi connectivity index (χ4v) is 3.43. The number of aryl methyl sites for hydroxylation is 1. The van der Waals surface area contributed by atoms with Crippen molar-refractivity contribution in [2.24, 2.45) is 5.10 Å². The Hall–Kier alpha value is -4.72. The smallest absolute Gasteiger partial charge is 0.259 e. The molecule has 0 saturated heterocycles. The van der Waals surface area contributed by atoms with Crippen molar-refractivity contribution in [2.45, 2.75) is 6.92 Å². The van der Waals surface area contributed by atoms with Crippen LogP contribution in [0.4, 0.5) is 0 Å². The zero-order valence-corrected chi connectivity index (χ0v) is 19.4. The molecule has 0 radical (unpaired) electrons. The Morgan fingerprint density at radius 3 is 2.51 bits per heavy atom. The van der Waals surface area contributed by atoms with Crippen molar-refractivity contribution in [3.05, 3.63) is 102 Å². The minimum absolute atomic E-state index is 0.212. The molecule has 0 atom stereocenters. The highest BCUT2D eigenvalue weighted by Crippen LogP contribution is 2.23. The second-order valence-electron chi connectivity index (χ2n) is 7.79. The molecule has 1 aromatic heterocycles.